The molecule has 2 saturated carbocycles. The fourth-order valence-corrected chi connectivity index (χ4v) is 6.97. The van der Waals surface area contributed by atoms with Crippen molar-refractivity contribution in [2.45, 2.75) is 63.4 Å². The lowest BCUT2D eigenvalue weighted by Crippen LogP contribution is -2.33. The minimum Gasteiger partial charge on any atom is -0.495 e. The summed E-state index contributed by atoms with van der Waals surface area (Å²) in [4.78, 5) is 12.2. The molecule has 0 unspecified atom stereocenters. The van der Waals surface area contributed by atoms with E-state index in [1.54, 1.807) is 40.7 Å². The van der Waals surface area contributed by atoms with E-state index >= 15 is 0 Å². The standard InChI is InChI=1S/C27H28N6O5S.2CH4/c1-31-16-23(29-30-31)20-13-21(20)26-22(27(34)35)14-28-33(26)19-7-5-6-17(12-19)15-32(18-10-11-18)39(36,37)25-9-4-3-8-24(25)38-2;;/h3-9,12,14,16,18,20-21H,10-11,13,15H2,1-2H3,(H,34,35);2*1H4/t20-,21-;;/m1../s1. The van der Waals surface area contributed by atoms with Gasteiger partial charge in [-0.2, -0.15) is 9.40 Å². The monoisotopic (exact) mass is 580 g/mol. The smallest absolute Gasteiger partial charge is 0.339 e. The van der Waals surface area contributed by atoms with Crippen molar-refractivity contribution in [2.75, 3.05) is 7.11 Å². The van der Waals surface area contributed by atoms with E-state index in [0.717, 1.165) is 30.5 Å². The average molecular weight is 581 g/mol. The second kappa shape index (κ2) is 11.5. The van der Waals surface area contributed by atoms with Crippen LogP contribution in [0.15, 0.2) is 65.8 Å². The molecule has 0 spiro atoms. The predicted octanol–water partition coefficient (Wildman–Crippen LogP) is 4.60. The second-order valence-corrected chi connectivity index (χ2v) is 11.9. The molecular weight excluding hydrogens is 544 g/mol. The highest BCUT2D eigenvalue weighted by Gasteiger charge is 2.46. The summed E-state index contributed by atoms with van der Waals surface area (Å²) >= 11 is 0. The number of aromatic nitrogens is 5. The summed E-state index contributed by atoms with van der Waals surface area (Å²) < 4.78 is 37.6. The molecular formula is C29H36N6O5S. The highest BCUT2D eigenvalue weighted by Crippen LogP contribution is 2.55. The van der Waals surface area contributed by atoms with E-state index in [0.29, 0.717) is 17.1 Å². The van der Waals surface area contributed by atoms with Gasteiger partial charge in [0, 0.05) is 37.7 Å². The van der Waals surface area contributed by atoms with Gasteiger partial charge in [0.25, 0.3) is 0 Å². The number of carboxylic acid groups (broad SMARTS) is 1. The summed E-state index contributed by atoms with van der Waals surface area (Å²) in [6.45, 7) is 0.174. The number of carboxylic acids is 1. The topological polar surface area (TPSA) is 132 Å². The molecule has 0 radical (unpaired) electrons. The molecule has 2 fully saturated rings. The lowest BCUT2D eigenvalue weighted by Gasteiger charge is -2.23. The van der Waals surface area contributed by atoms with Gasteiger partial charge in [0.1, 0.15) is 16.2 Å². The third kappa shape index (κ3) is 5.62. The molecule has 11 nitrogen and oxygen atoms in total. The number of benzene rings is 2. The average Bonchev–Trinajstić information content (AvgIpc) is 3.84. The van der Waals surface area contributed by atoms with Gasteiger partial charge in [0.2, 0.25) is 10.0 Å². The van der Waals surface area contributed by atoms with Gasteiger partial charge in [-0.15, -0.1) is 5.10 Å². The van der Waals surface area contributed by atoms with Gasteiger partial charge in [-0.3, -0.25) is 4.68 Å². The first kappa shape index (κ1) is 29.9. The maximum Gasteiger partial charge on any atom is 0.339 e. The maximum absolute atomic E-state index is 13.7. The minimum atomic E-state index is -3.82. The Hall–Kier alpha value is -4.03. The summed E-state index contributed by atoms with van der Waals surface area (Å²) in [5, 5.41) is 22.5. The van der Waals surface area contributed by atoms with Gasteiger partial charge < -0.3 is 9.84 Å². The van der Waals surface area contributed by atoms with Crippen LogP contribution in [-0.4, -0.2) is 61.7 Å². The minimum absolute atomic E-state index is 0. The van der Waals surface area contributed by atoms with E-state index in [-0.39, 0.29) is 49.7 Å². The van der Waals surface area contributed by atoms with E-state index in [1.165, 1.54) is 17.6 Å². The van der Waals surface area contributed by atoms with Crippen molar-refractivity contribution in [3.63, 3.8) is 0 Å². The van der Waals surface area contributed by atoms with Gasteiger partial charge in [-0.25, -0.2) is 17.9 Å². The van der Waals surface area contributed by atoms with Crippen LogP contribution in [0.2, 0.25) is 0 Å². The largest absolute Gasteiger partial charge is 0.495 e. The quantitative estimate of drug-likeness (QED) is 0.288. The molecule has 12 heteroatoms. The Morgan fingerprint density at radius 2 is 1.88 bits per heavy atom. The number of nitrogens with zero attached hydrogens (tertiary/aromatic N) is 6. The van der Waals surface area contributed by atoms with E-state index < -0.39 is 16.0 Å². The van der Waals surface area contributed by atoms with Crippen molar-refractivity contribution in [1.82, 2.24) is 29.1 Å². The van der Waals surface area contributed by atoms with Crippen molar-refractivity contribution in [2.24, 2.45) is 7.05 Å². The number of aryl methyl sites for hydroxylation is 1. The van der Waals surface area contributed by atoms with Gasteiger partial charge in [0.15, 0.2) is 0 Å². The Kier molecular flexibility index (Phi) is 8.36. The molecule has 41 heavy (non-hydrogen) atoms. The first-order chi connectivity index (χ1) is 18.8. The van der Waals surface area contributed by atoms with Crippen LogP contribution in [0.4, 0.5) is 0 Å². The van der Waals surface area contributed by atoms with E-state index in [9.17, 15) is 18.3 Å². The normalized spacial score (nSPS) is 17.9. The fourth-order valence-electron chi connectivity index (χ4n) is 5.14. The number of ether oxygens (including phenoxy) is 1. The van der Waals surface area contributed by atoms with E-state index in [2.05, 4.69) is 15.4 Å². The van der Waals surface area contributed by atoms with Crippen molar-refractivity contribution in [1.29, 1.82) is 0 Å². The van der Waals surface area contributed by atoms with Crippen molar-refractivity contribution < 1.29 is 23.1 Å². The number of sulfonamides is 1. The zero-order chi connectivity index (χ0) is 27.3. The fraction of sp³-hybridized carbons (Fsp3) is 0.379. The molecule has 6 rings (SSSR count). The molecule has 0 bridgehead atoms. The van der Waals surface area contributed by atoms with Gasteiger partial charge in [-0.1, -0.05) is 44.3 Å². The number of hydrogen-bond acceptors (Lipinski definition) is 7. The third-order valence-electron chi connectivity index (χ3n) is 7.28. The molecule has 0 aliphatic heterocycles. The first-order valence-electron chi connectivity index (χ1n) is 12.7. The lowest BCUT2D eigenvalue weighted by atomic mass is 10.1. The highest BCUT2D eigenvalue weighted by molar-refractivity contribution is 7.89. The van der Waals surface area contributed by atoms with Crippen LogP contribution >= 0.6 is 0 Å². The predicted molar refractivity (Wildman–Crippen MR) is 154 cm³/mol. The second-order valence-electron chi connectivity index (χ2n) is 10.0. The summed E-state index contributed by atoms with van der Waals surface area (Å²) in [5.74, 6) is -0.735. The Balaban J connectivity index is 0.00000194. The molecule has 2 atom stereocenters. The van der Waals surface area contributed by atoms with Crippen LogP contribution in [0, 0.1) is 0 Å². The Morgan fingerprint density at radius 1 is 1.12 bits per heavy atom. The third-order valence-corrected chi connectivity index (χ3v) is 9.22. The Morgan fingerprint density at radius 3 is 2.54 bits per heavy atom. The van der Waals surface area contributed by atoms with Crippen LogP contribution in [-0.2, 0) is 23.6 Å². The summed E-state index contributed by atoms with van der Waals surface area (Å²) in [6, 6.07) is 14.0. The van der Waals surface area contributed by atoms with Crippen LogP contribution in [0.25, 0.3) is 5.69 Å². The molecule has 0 saturated heterocycles. The van der Waals surface area contributed by atoms with Crippen molar-refractivity contribution in [3.05, 3.63) is 83.4 Å². The number of hydrogen-bond donors (Lipinski definition) is 1. The highest BCUT2D eigenvalue weighted by atomic mass is 32.2. The first-order valence-corrected chi connectivity index (χ1v) is 14.1. The van der Waals surface area contributed by atoms with Gasteiger partial charge >= 0.3 is 5.97 Å². The molecule has 2 aliphatic rings. The number of rotatable bonds is 10. The SMILES string of the molecule is C.C.COc1ccccc1S(=O)(=O)N(Cc1cccc(-n2ncc(C(=O)O)c2[C@@H]2C[C@H]2c2cn(C)nn2)c1)C1CC1. The molecule has 1 N–H and O–H groups in total. The van der Waals surface area contributed by atoms with Crippen molar-refractivity contribution >= 4 is 16.0 Å². The van der Waals surface area contributed by atoms with E-state index in [4.69, 9.17) is 4.74 Å². The van der Waals surface area contributed by atoms with Crippen LogP contribution in [0.5, 0.6) is 5.75 Å². The molecule has 2 aliphatic carbocycles. The number of methoxy groups -OCH3 is 1. The number of para-hydroxylation sites is 1. The lowest BCUT2D eigenvalue weighted by molar-refractivity contribution is 0.0695. The van der Waals surface area contributed by atoms with E-state index in [1.807, 2.05) is 30.5 Å². The maximum atomic E-state index is 13.7. The van der Waals surface area contributed by atoms with Gasteiger partial charge in [-0.05, 0) is 49.1 Å². The molecule has 4 aromatic rings. The van der Waals surface area contributed by atoms with Crippen LogP contribution in [0.1, 0.15) is 73.3 Å². The Labute approximate surface area is 240 Å². The zero-order valence-corrected chi connectivity index (χ0v) is 22.3. The molecule has 2 aromatic carbocycles. The zero-order valence-electron chi connectivity index (χ0n) is 21.5. The molecule has 218 valence electrons. The molecule has 0 amide bonds. The molecule has 2 heterocycles. The Bertz CT molecular complexity index is 1660. The summed E-state index contributed by atoms with van der Waals surface area (Å²) in [6.07, 6.45) is 5.56. The number of aromatic carboxylic acids is 1. The summed E-state index contributed by atoms with van der Waals surface area (Å²) in [7, 11) is -0.561. The molecule has 2 aromatic heterocycles. The van der Waals surface area contributed by atoms with Crippen LogP contribution < -0.4 is 4.74 Å². The van der Waals surface area contributed by atoms with Crippen LogP contribution in [0.3, 0.4) is 0 Å². The number of carbonyl (C=O) groups is 1. The summed E-state index contributed by atoms with van der Waals surface area (Å²) in [5.41, 5.74) is 3.02. The van der Waals surface area contributed by atoms with Crippen molar-refractivity contribution in [3.8, 4) is 11.4 Å². The van der Waals surface area contributed by atoms with Gasteiger partial charge in [0.05, 0.1) is 30.4 Å².